The zero-order chi connectivity index (χ0) is 54.5. The number of amides is 2. The molecule has 6 heterocycles. The van der Waals surface area contributed by atoms with Crippen molar-refractivity contribution in [3.05, 3.63) is 67.1 Å². The molecule has 0 spiro atoms. The second-order valence-electron chi connectivity index (χ2n) is 22.9. The van der Waals surface area contributed by atoms with E-state index in [1.54, 1.807) is 22.7 Å². The number of carbonyl (C=O) groups is 2. The molecule has 0 saturated heterocycles. The second-order valence-corrected chi connectivity index (χ2v) is 27.6. The van der Waals surface area contributed by atoms with E-state index in [-0.39, 0.29) is 27.6 Å². The average Bonchev–Trinajstić information content (AvgIpc) is 4.36. The Labute approximate surface area is 490 Å². The molecule has 2 aliphatic rings. The van der Waals surface area contributed by atoms with Gasteiger partial charge in [-0.15, -0.1) is 45.3 Å². The van der Waals surface area contributed by atoms with Crippen molar-refractivity contribution in [1.29, 1.82) is 5.26 Å². The molecule has 4 atom stereocenters. The van der Waals surface area contributed by atoms with Crippen molar-refractivity contribution in [3.8, 4) is 15.8 Å². The van der Waals surface area contributed by atoms with Crippen LogP contribution in [0.4, 0.5) is 0 Å². The Morgan fingerprint density at radius 2 is 0.805 bits per heavy atom. The smallest absolute Gasteiger partial charge is 0.261 e. The Hall–Kier alpha value is -2.60. The van der Waals surface area contributed by atoms with Gasteiger partial charge in [0.25, 0.3) is 11.8 Å². The molecule has 0 aromatic carbocycles. The Morgan fingerprint density at radius 3 is 1.16 bits per heavy atom. The minimum Gasteiger partial charge on any atom is -0.306 e. The molecular formula is C67H106N3O2PS4. The van der Waals surface area contributed by atoms with Crippen LogP contribution >= 0.6 is 55.2 Å². The molecule has 6 rings (SSSR count). The van der Waals surface area contributed by atoms with Gasteiger partial charge in [0, 0.05) is 47.9 Å². The fourth-order valence-corrected chi connectivity index (χ4v) is 15.7. The molecular weight excluding hydrogens is 1040 g/mol. The van der Waals surface area contributed by atoms with Crippen LogP contribution in [-0.2, 0) is 9.59 Å². The maximum atomic E-state index is 15.7. The van der Waals surface area contributed by atoms with Crippen molar-refractivity contribution in [1.82, 2.24) is 9.80 Å². The average molecular weight is 1140 g/mol. The van der Waals surface area contributed by atoms with Crippen molar-refractivity contribution in [2.75, 3.05) is 13.1 Å². The van der Waals surface area contributed by atoms with Crippen molar-refractivity contribution < 1.29 is 9.59 Å². The van der Waals surface area contributed by atoms with Crippen LogP contribution in [0.5, 0.6) is 0 Å². The number of thiophene rings is 4. The summed E-state index contributed by atoms with van der Waals surface area (Å²) in [4.78, 5) is 42.9. The van der Waals surface area contributed by atoms with Crippen molar-refractivity contribution in [2.45, 2.75) is 267 Å². The molecule has 2 aliphatic heterocycles. The maximum Gasteiger partial charge on any atom is 0.261 e. The standard InChI is InChI=1S/C62H94N2O2S4.C5H9N.H3P/c1-7-11-15-19-23-25-29-33-37-49(35-31-27-21-17-13-9-3)45-63-59(52-40-39-47(5)67-52)57-58(62(63)66)60(53-42-41-51(69-53)55-44-56-54(70-55)43-48(6)68-56)64(61(57)65)46-50(36-32-28-22-18-14-10-4)38-34-30-26-24-20-16-12-8-2;1-3-5(2)4-6;/h39-44,49-50H,7-38,45-46H2,1-6H3;5H,3H2,1-2H3;1H3. The first-order chi connectivity index (χ1) is 37.1. The van der Waals surface area contributed by atoms with Gasteiger partial charge in [0.15, 0.2) is 0 Å². The van der Waals surface area contributed by atoms with Crippen molar-refractivity contribution in [3.63, 3.8) is 0 Å². The maximum absolute atomic E-state index is 15.7. The lowest BCUT2D eigenvalue weighted by molar-refractivity contribution is -0.124. The van der Waals surface area contributed by atoms with Gasteiger partial charge in [-0.3, -0.25) is 9.59 Å². The van der Waals surface area contributed by atoms with Gasteiger partial charge in [0.1, 0.15) is 0 Å². The topological polar surface area (TPSA) is 64.4 Å². The van der Waals surface area contributed by atoms with Gasteiger partial charge in [-0.2, -0.15) is 15.2 Å². The molecule has 430 valence electrons. The van der Waals surface area contributed by atoms with Gasteiger partial charge in [-0.1, -0.05) is 214 Å². The minimum atomic E-state index is 0. The fraction of sp³-hybridized carbons (Fsp3) is 0.687. The quantitative estimate of drug-likeness (QED) is 0.0329. The molecule has 0 fully saturated rings. The van der Waals surface area contributed by atoms with Crippen LogP contribution in [0.15, 0.2) is 47.5 Å². The number of nitriles is 1. The van der Waals surface area contributed by atoms with Crippen LogP contribution in [0, 0.1) is 42.9 Å². The van der Waals surface area contributed by atoms with E-state index in [9.17, 15) is 0 Å². The van der Waals surface area contributed by atoms with E-state index < -0.39 is 0 Å². The molecule has 0 bridgehead atoms. The number of fused-ring (bicyclic) bond motifs is 2. The third-order valence-electron chi connectivity index (χ3n) is 16.1. The number of aryl methyl sites for hydroxylation is 2. The summed E-state index contributed by atoms with van der Waals surface area (Å²) in [6.07, 6.45) is 41.9. The Balaban J connectivity index is 0.00000173. The van der Waals surface area contributed by atoms with E-state index >= 15 is 9.59 Å². The van der Waals surface area contributed by atoms with Crippen LogP contribution < -0.4 is 0 Å². The van der Waals surface area contributed by atoms with E-state index in [0.29, 0.717) is 36.1 Å². The molecule has 4 aromatic heterocycles. The number of hydrogen-bond acceptors (Lipinski definition) is 7. The van der Waals surface area contributed by atoms with Gasteiger partial charge < -0.3 is 9.80 Å². The van der Waals surface area contributed by atoms with E-state index in [1.165, 1.54) is 209 Å². The summed E-state index contributed by atoms with van der Waals surface area (Å²) < 4.78 is 2.69. The van der Waals surface area contributed by atoms with Crippen LogP contribution in [0.25, 0.3) is 30.5 Å². The Kier molecular flexibility index (Phi) is 33.2. The number of hydrogen-bond donors (Lipinski definition) is 0. The van der Waals surface area contributed by atoms with Crippen LogP contribution in [0.3, 0.4) is 0 Å². The molecule has 77 heavy (non-hydrogen) atoms. The first kappa shape index (κ1) is 66.9. The predicted molar refractivity (Wildman–Crippen MR) is 348 cm³/mol. The lowest BCUT2D eigenvalue weighted by Crippen LogP contribution is -2.34. The molecule has 0 aliphatic carbocycles. The summed E-state index contributed by atoms with van der Waals surface area (Å²) >= 11 is 7.26. The SMILES string of the molecule is CCC(C)C#N.CCCCCCCCCCC(CCCCCCCC)CN1C(=O)C2=C(c3ccc(-c4cc5sc(C)cc5s4)s3)N(CC(CCCCCCCC)CCCCCCCCCC)C(=O)C2=C1c1ccc(C)s1.P. The molecule has 2 amide bonds. The lowest BCUT2D eigenvalue weighted by atomic mass is 9.93. The molecule has 4 aromatic rings. The van der Waals surface area contributed by atoms with E-state index in [4.69, 9.17) is 5.26 Å². The van der Waals surface area contributed by atoms with Crippen LogP contribution in [-0.4, -0.2) is 34.7 Å². The van der Waals surface area contributed by atoms with Gasteiger partial charge in [-0.05, 0) is 101 Å². The molecule has 5 nitrogen and oxygen atoms in total. The van der Waals surface area contributed by atoms with Crippen LogP contribution in [0.2, 0.25) is 0 Å². The Bertz CT molecular complexity index is 2360. The molecule has 0 saturated carbocycles. The van der Waals surface area contributed by atoms with Gasteiger partial charge in [0.2, 0.25) is 0 Å². The first-order valence-corrected chi connectivity index (χ1v) is 34.5. The monoisotopic (exact) mass is 1140 g/mol. The zero-order valence-corrected chi connectivity index (χ0v) is 54.6. The predicted octanol–water partition coefficient (Wildman–Crippen LogP) is 22.6. The van der Waals surface area contributed by atoms with Crippen molar-refractivity contribution >= 4 is 87.9 Å². The van der Waals surface area contributed by atoms with Gasteiger partial charge in [0.05, 0.1) is 38.4 Å². The Morgan fingerprint density at radius 1 is 0.442 bits per heavy atom. The molecule has 10 heteroatoms. The molecule has 0 radical (unpaired) electrons. The first-order valence-electron chi connectivity index (χ1n) is 31.3. The largest absolute Gasteiger partial charge is 0.306 e. The van der Waals surface area contributed by atoms with E-state index in [1.807, 2.05) is 36.5 Å². The minimum absolute atomic E-state index is 0. The third kappa shape index (κ3) is 21.7. The lowest BCUT2D eigenvalue weighted by Gasteiger charge is -2.29. The fourth-order valence-electron chi connectivity index (χ4n) is 11.3. The van der Waals surface area contributed by atoms with Crippen molar-refractivity contribution in [2.24, 2.45) is 17.8 Å². The van der Waals surface area contributed by atoms with Crippen LogP contribution in [0.1, 0.15) is 273 Å². The number of nitrogens with zero attached hydrogens (tertiary/aromatic N) is 3. The van der Waals surface area contributed by atoms with Gasteiger partial charge in [-0.25, -0.2) is 0 Å². The summed E-state index contributed by atoms with van der Waals surface area (Å²) in [6.45, 7) is 18.9. The van der Waals surface area contributed by atoms with E-state index in [0.717, 1.165) is 53.3 Å². The highest BCUT2D eigenvalue weighted by molar-refractivity contribution is 7.31. The summed E-state index contributed by atoms with van der Waals surface area (Å²) in [7, 11) is 0. The highest BCUT2D eigenvalue weighted by Gasteiger charge is 2.50. The number of unbranched alkanes of at least 4 members (excludes halogenated alkanes) is 24. The number of carbonyl (C=O) groups excluding carboxylic acids is 2. The summed E-state index contributed by atoms with van der Waals surface area (Å²) in [6, 6.07) is 15.7. The number of rotatable bonds is 40. The van der Waals surface area contributed by atoms with Gasteiger partial charge >= 0.3 is 0 Å². The second kappa shape index (κ2) is 38.2. The highest BCUT2D eigenvalue weighted by Crippen LogP contribution is 2.51. The highest BCUT2D eigenvalue weighted by atomic mass is 32.1. The summed E-state index contributed by atoms with van der Waals surface area (Å²) in [5.74, 6) is 1.18. The third-order valence-corrected chi connectivity index (χ3v) is 20.6. The summed E-state index contributed by atoms with van der Waals surface area (Å²) in [5.41, 5.74) is 3.15. The van der Waals surface area contributed by atoms with E-state index in [2.05, 4.69) is 93.8 Å². The zero-order valence-electron chi connectivity index (χ0n) is 49.9. The molecule has 0 N–H and O–H groups in total. The molecule has 4 unspecified atom stereocenters. The normalized spacial score (nSPS) is 14.6. The summed E-state index contributed by atoms with van der Waals surface area (Å²) in [5, 5.41) is 8.08.